The molecule has 2 aliphatic heterocycles. The summed E-state index contributed by atoms with van der Waals surface area (Å²) in [5.41, 5.74) is 0. The number of piperazine rings is 1. The van der Waals surface area contributed by atoms with Crippen molar-refractivity contribution in [2.45, 2.75) is 25.4 Å². The second-order valence-electron chi connectivity index (χ2n) is 6.61. The molecule has 2 aliphatic rings. The number of benzene rings is 1. The molecular weight excluding hydrogens is 364 g/mol. The molecule has 0 saturated carbocycles. The van der Waals surface area contributed by atoms with E-state index in [2.05, 4.69) is 10.2 Å². The number of carbonyl (C=O) groups is 1. The molecule has 5 nitrogen and oxygen atoms in total. The summed E-state index contributed by atoms with van der Waals surface area (Å²) < 4.78 is 32.2. The SMILES string of the molecule is Cl.O=C(CCN1CCC(Oc2ccc(F)cc2F)CC1)N1CCNCC1. The van der Waals surface area contributed by atoms with Gasteiger partial charge in [-0.3, -0.25) is 4.79 Å². The number of carbonyl (C=O) groups excluding carboxylic acids is 1. The average molecular weight is 390 g/mol. The highest BCUT2D eigenvalue weighted by Crippen LogP contribution is 2.23. The van der Waals surface area contributed by atoms with Gasteiger partial charge in [0.05, 0.1) is 0 Å². The summed E-state index contributed by atoms with van der Waals surface area (Å²) >= 11 is 0. The van der Waals surface area contributed by atoms with Crippen molar-refractivity contribution < 1.29 is 18.3 Å². The number of rotatable bonds is 5. The van der Waals surface area contributed by atoms with Gasteiger partial charge in [0.1, 0.15) is 11.9 Å². The Kier molecular flexibility index (Phi) is 8.06. The zero-order valence-electron chi connectivity index (χ0n) is 14.8. The van der Waals surface area contributed by atoms with Crippen LogP contribution >= 0.6 is 12.4 Å². The molecule has 1 amide bonds. The van der Waals surface area contributed by atoms with Gasteiger partial charge in [0.25, 0.3) is 0 Å². The minimum atomic E-state index is -0.663. The van der Waals surface area contributed by atoms with Crippen LogP contribution in [0.5, 0.6) is 5.75 Å². The van der Waals surface area contributed by atoms with E-state index in [1.165, 1.54) is 12.1 Å². The van der Waals surface area contributed by atoms with Gasteiger partial charge in [-0.1, -0.05) is 0 Å². The monoisotopic (exact) mass is 389 g/mol. The van der Waals surface area contributed by atoms with Crippen molar-refractivity contribution in [1.29, 1.82) is 0 Å². The largest absolute Gasteiger partial charge is 0.487 e. The van der Waals surface area contributed by atoms with Crippen LogP contribution in [0.15, 0.2) is 18.2 Å². The number of nitrogens with one attached hydrogen (secondary N) is 1. The van der Waals surface area contributed by atoms with Crippen molar-refractivity contribution in [1.82, 2.24) is 15.1 Å². The van der Waals surface area contributed by atoms with Crippen molar-refractivity contribution in [3.05, 3.63) is 29.8 Å². The molecule has 0 aliphatic carbocycles. The molecular formula is C18H26ClF2N3O2. The first-order valence-electron chi connectivity index (χ1n) is 8.94. The number of halogens is 3. The maximum Gasteiger partial charge on any atom is 0.223 e. The molecule has 8 heteroatoms. The van der Waals surface area contributed by atoms with E-state index in [0.29, 0.717) is 6.42 Å². The number of amides is 1. The summed E-state index contributed by atoms with van der Waals surface area (Å²) in [6, 6.07) is 3.38. The Hall–Kier alpha value is -1.44. The Morgan fingerprint density at radius 3 is 2.50 bits per heavy atom. The second-order valence-corrected chi connectivity index (χ2v) is 6.61. The molecule has 1 aromatic carbocycles. The minimum absolute atomic E-state index is 0. The van der Waals surface area contributed by atoms with Crippen molar-refractivity contribution in [3.63, 3.8) is 0 Å². The molecule has 0 aromatic heterocycles. The molecule has 146 valence electrons. The standard InChI is InChI=1S/C18H25F2N3O2.ClH/c19-14-1-2-17(16(20)13-14)25-15-3-8-22(9-4-15)10-5-18(24)23-11-6-21-7-12-23;/h1-2,13,15,21H,3-12H2;1H. The molecule has 2 heterocycles. The molecule has 3 rings (SSSR count). The number of ether oxygens (including phenoxy) is 1. The third-order valence-electron chi connectivity index (χ3n) is 4.83. The predicted octanol–water partition coefficient (Wildman–Crippen LogP) is 2.05. The molecule has 0 unspecified atom stereocenters. The van der Waals surface area contributed by atoms with E-state index in [-0.39, 0.29) is 30.2 Å². The summed E-state index contributed by atoms with van der Waals surface area (Å²) in [5.74, 6) is -0.945. The van der Waals surface area contributed by atoms with Gasteiger partial charge in [-0.25, -0.2) is 8.78 Å². The van der Waals surface area contributed by atoms with Gasteiger partial charge in [0.2, 0.25) is 5.91 Å². The first-order valence-corrected chi connectivity index (χ1v) is 8.94. The third kappa shape index (κ3) is 5.79. The lowest BCUT2D eigenvalue weighted by atomic mass is 10.1. The van der Waals surface area contributed by atoms with Gasteiger partial charge in [0, 0.05) is 58.3 Å². The molecule has 26 heavy (non-hydrogen) atoms. The lowest BCUT2D eigenvalue weighted by Gasteiger charge is -2.33. The lowest BCUT2D eigenvalue weighted by Crippen LogP contribution is -2.47. The highest BCUT2D eigenvalue weighted by molar-refractivity contribution is 5.85. The fraction of sp³-hybridized carbons (Fsp3) is 0.611. The van der Waals surface area contributed by atoms with E-state index in [9.17, 15) is 13.6 Å². The minimum Gasteiger partial charge on any atom is -0.487 e. The van der Waals surface area contributed by atoms with Crippen molar-refractivity contribution in [2.24, 2.45) is 0 Å². The van der Waals surface area contributed by atoms with Crippen LogP contribution in [0.3, 0.4) is 0 Å². The van der Waals surface area contributed by atoms with Gasteiger partial charge in [-0.05, 0) is 25.0 Å². The van der Waals surface area contributed by atoms with E-state index in [0.717, 1.165) is 64.7 Å². The van der Waals surface area contributed by atoms with Crippen molar-refractivity contribution in [3.8, 4) is 5.75 Å². The Morgan fingerprint density at radius 2 is 1.85 bits per heavy atom. The normalized spacial score (nSPS) is 19.1. The number of piperidine rings is 1. The number of hydrogen-bond acceptors (Lipinski definition) is 4. The Labute approximate surface area is 159 Å². The Bertz CT molecular complexity index is 592. The maximum absolute atomic E-state index is 13.6. The van der Waals surface area contributed by atoms with Crippen LogP contribution in [-0.2, 0) is 4.79 Å². The van der Waals surface area contributed by atoms with Crippen LogP contribution in [0.1, 0.15) is 19.3 Å². The molecule has 0 radical (unpaired) electrons. The third-order valence-corrected chi connectivity index (χ3v) is 4.83. The maximum atomic E-state index is 13.6. The summed E-state index contributed by atoms with van der Waals surface area (Å²) in [4.78, 5) is 16.4. The molecule has 0 bridgehead atoms. The highest BCUT2D eigenvalue weighted by Gasteiger charge is 2.23. The molecule has 1 aromatic rings. The van der Waals surface area contributed by atoms with E-state index in [1.54, 1.807) is 0 Å². The fourth-order valence-electron chi connectivity index (χ4n) is 3.33. The zero-order valence-corrected chi connectivity index (χ0v) is 15.6. The average Bonchev–Trinajstić information content (AvgIpc) is 2.64. The second kappa shape index (κ2) is 10.0. The Morgan fingerprint density at radius 1 is 1.15 bits per heavy atom. The summed E-state index contributed by atoms with van der Waals surface area (Å²) in [5, 5.41) is 3.24. The quantitative estimate of drug-likeness (QED) is 0.837. The number of nitrogens with zero attached hydrogens (tertiary/aromatic N) is 2. The van der Waals surface area contributed by atoms with E-state index in [1.807, 2.05) is 4.90 Å². The van der Waals surface area contributed by atoms with Crippen LogP contribution < -0.4 is 10.1 Å². The summed E-state index contributed by atoms with van der Waals surface area (Å²) in [6.07, 6.45) is 2.02. The van der Waals surface area contributed by atoms with E-state index in [4.69, 9.17) is 4.74 Å². The zero-order chi connectivity index (χ0) is 17.6. The van der Waals surface area contributed by atoms with Gasteiger partial charge in [-0.2, -0.15) is 0 Å². The van der Waals surface area contributed by atoms with Gasteiger partial charge >= 0.3 is 0 Å². The molecule has 0 spiro atoms. The van der Waals surface area contributed by atoms with E-state index < -0.39 is 11.6 Å². The number of hydrogen-bond donors (Lipinski definition) is 1. The summed E-state index contributed by atoms with van der Waals surface area (Å²) in [6.45, 7) is 5.71. The fourth-order valence-corrected chi connectivity index (χ4v) is 3.33. The first-order chi connectivity index (χ1) is 12.1. The van der Waals surface area contributed by atoms with Crippen LogP contribution in [0.25, 0.3) is 0 Å². The Balaban J connectivity index is 0.00000243. The van der Waals surface area contributed by atoms with E-state index >= 15 is 0 Å². The molecule has 1 N–H and O–H groups in total. The molecule has 2 fully saturated rings. The number of likely N-dealkylation sites (tertiary alicyclic amines) is 1. The van der Waals surface area contributed by atoms with Crippen LogP contribution in [0.4, 0.5) is 8.78 Å². The van der Waals surface area contributed by atoms with Crippen molar-refractivity contribution in [2.75, 3.05) is 45.8 Å². The first kappa shape index (κ1) is 20.9. The molecule has 0 atom stereocenters. The lowest BCUT2D eigenvalue weighted by molar-refractivity contribution is -0.132. The van der Waals surface area contributed by atoms with Crippen molar-refractivity contribution >= 4 is 18.3 Å². The predicted molar refractivity (Wildman–Crippen MR) is 97.8 cm³/mol. The smallest absolute Gasteiger partial charge is 0.223 e. The molecule has 2 saturated heterocycles. The topological polar surface area (TPSA) is 44.8 Å². The van der Waals surface area contributed by atoms with Gasteiger partial charge in [-0.15, -0.1) is 12.4 Å². The highest BCUT2D eigenvalue weighted by atomic mass is 35.5. The van der Waals surface area contributed by atoms with Crippen LogP contribution in [0, 0.1) is 11.6 Å². The van der Waals surface area contributed by atoms with Gasteiger partial charge < -0.3 is 19.9 Å². The van der Waals surface area contributed by atoms with Gasteiger partial charge in [0.15, 0.2) is 11.6 Å². The van der Waals surface area contributed by atoms with Crippen LogP contribution in [0.2, 0.25) is 0 Å². The summed E-state index contributed by atoms with van der Waals surface area (Å²) in [7, 11) is 0. The van der Waals surface area contributed by atoms with Crippen LogP contribution in [-0.4, -0.2) is 67.6 Å².